The molecule has 1 amide bonds. The Labute approximate surface area is 130 Å². The van der Waals surface area contributed by atoms with Gasteiger partial charge in [-0.25, -0.2) is 4.79 Å². The average molecular weight is 315 g/mol. The molecule has 1 atom stereocenters. The summed E-state index contributed by atoms with van der Waals surface area (Å²) in [4.78, 5) is 36.8. The Morgan fingerprint density at radius 2 is 1.86 bits per heavy atom. The summed E-state index contributed by atoms with van der Waals surface area (Å²) in [6.07, 6.45) is 6.87. The highest BCUT2D eigenvalue weighted by Crippen LogP contribution is 2.30. The van der Waals surface area contributed by atoms with E-state index in [0.29, 0.717) is 5.75 Å². The van der Waals surface area contributed by atoms with Gasteiger partial charge in [0.15, 0.2) is 11.3 Å². The molecule has 0 saturated heterocycles. The summed E-state index contributed by atoms with van der Waals surface area (Å²) in [6.45, 7) is 1.32. The van der Waals surface area contributed by atoms with Gasteiger partial charge in [0.05, 0.1) is 7.11 Å². The zero-order valence-electron chi connectivity index (χ0n) is 13.1. The van der Waals surface area contributed by atoms with Crippen LogP contribution in [0.4, 0.5) is 0 Å². The fourth-order valence-electron chi connectivity index (χ4n) is 2.94. The van der Waals surface area contributed by atoms with Gasteiger partial charge in [0.1, 0.15) is 0 Å². The van der Waals surface area contributed by atoms with Gasteiger partial charge in [-0.15, -0.1) is 0 Å². The van der Waals surface area contributed by atoms with Crippen LogP contribution in [0.25, 0.3) is 0 Å². The number of hydrogen-bond donors (Lipinski definition) is 1. The second kappa shape index (κ2) is 8.41. The number of carbonyl (C=O) groups is 3. The Kier molecular flexibility index (Phi) is 7.22. The quantitative estimate of drug-likeness (QED) is 0.574. The molecule has 21 heavy (non-hydrogen) atoms. The van der Waals surface area contributed by atoms with Crippen molar-refractivity contribution in [3.05, 3.63) is 0 Å². The molecule has 0 aromatic heterocycles. The SMILES string of the molecule is COC(=O)[C@](CCSC)(NC(C)=O)C(=O)C1CCCCC1. The van der Waals surface area contributed by atoms with E-state index in [9.17, 15) is 14.4 Å². The van der Waals surface area contributed by atoms with Gasteiger partial charge in [0, 0.05) is 12.8 Å². The van der Waals surface area contributed by atoms with Crippen molar-refractivity contribution in [1.82, 2.24) is 5.32 Å². The monoisotopic (exact) mass is 315 g/mol. The number of ether oxygens (including phenoxy) is 1. The molecule has 0 radical (unpaired) electrons. The standard InChI is InChI=1S/C15H25NO4S/c1-11(17)16-15(9-10-21-3,14(19)20-2)13(18)12-7-5-4-6-8-12/h12H,4-10H2,1-3H3,(H,16,17)/t15-/m1/s1. The van der Waals surface area contributed by atoms with E-state index in [0.717, 1.165) is 32.1 Å². The normalized spacial score (nSPS) is 18.6. The van der Waals surface area contributed by atoms with E-state index in [1.807, 2.05) is 6.26 Å². The second-order valence-corrected chi connectivity index (χ2v) is 6.51. The van der Waals surface area contributed by atoms with Crippen molar-refractivity contribution in [2.24, 2.45) is 5.92 Å². The lowest BCUT2D eigenvalue weighted by molar-refractivity contribution is -0.157. The summed E-state index contributed by atoms with van der Waals surface area (Å²) in [5, 5.41) is 2.60. The topological polar surface area (TPSA) is 72.5 Å². The fraction of sp³-hybridized carbons (Fsp3) is 0.800. The molecule has 5 nitrogen and oxygen atoms in total. The first-order valence-corrected chi connectivity index (χ1v) is 8.77. The first-order chi connectivity index (χ1) is 9.97. The van der Waals surface area contributed by atoms with E-state index in [-0.39, 0.29) is 24.0 Å². The van der Waals surface area contributed by atoms with Crippen LogP contribution in [0.3, 0.4) is 0 Å². The van der Waals surface area contributed by atoms with Crippen LogP contribution in [0, 0.1) is 5.92 Å². The van der Waals surface area contributed by atoms with Crippen molar-refractivity contribution in [2.45, 2.75) is 51.0 Å². The zero-order valence-corrected chi connectivity index (χ0v) is 13.9. The van der Waals surface area contributed by atoms with E-state index < -0.39 is 11.5 Å². The van der Waals surface area contributed by atoms with Crippen LogP contribution in [0.2, 0.25) is 0 Å². The second-order valence-electron chi connectivity index (χ2n) is 5.52. The molecule has 1 aliphatic carbocycles. The Balaban J connectivity index is 3.08. The zero-order chi connectivity index (χ0) is 15.9. The third-order valence-electron chi connectivity index (χ3n) is 4.00. The maximum atomic E-state index is 12.9. The summed E-state index contributed by atoms with van der Waals surface area (Å²) in [5.41, 5.74) is -1.52. The van der Waals surface area contributed by atoms with Gasteiger partial charge in [0.2, 0.25) is 5.91 Å². The van der Waals surface area contributed by atoms with E-state index in [4.69, 9.17) is 4.74 Å². The van der Waals surface area contributed by atoms with Crippen molar-refractivity contribution in [2.75, 3.05) is 19.1 Å². The minimum atomic E-state index is -1.52. The van der Waals surface area contributed by atoms with E-state index in [1.54, 1.807) is 0 Å². The van der Waals surface area contributed by atoms with Crippen LogP contribution in [0.1, 0.15) is 45.4 Å². The van der Waals surface area contributed by atoms with Crippen LogP contribution < -0.4 is 5.32 Å². The van der Waals surface area contributed by atoms with Gasteiger partial charge in [-0.05, 0) is 31.3 Å². The third-order valence-corrected chi connectivity index (χ3v) is 4.61. The molecule has 120 valence electrons. The molecule has 1 rings (SSSR count). The van der Waals surface area contributed by atoms with Crippen LogP contribution in [0.15, 0.2) is 0 Å². The molecule has 1 fully saturated rings. The molecule has 1 N–H and O–H groups in total. The van der Waals surface area contributed by atoms with Gasteiger partial charge in [-0.1, -0.05) is 19.3 Å². The first-order valence-electron chi connectivity index (χ1n) is 7.38. The molecule has 0 aliphatic heterocycles. The van der Waals surface area contributed by atoms with Gasteiger partial charge in [0.25, 0.3) is 0 Å². The van der Waals surface area contributed by atoms with Gasteiger partial charge in [-0.2, -0.15) is 11.8 Å². The van der Waals surface area contributed by atoms with Crippen LogP contribution in [-0.2, 0) is 19.1 Å². The molecule has 0 unspecified atom stereocenters. The van der Waals surface area contributed by atoms with Gasteiger partial charge < -0.3 is 10.1 Å². The lowest BCUT2D eigenvalue weighted by Crippen LogP contribution is -2.62. The number of hydrogen-bond acceptors (Lipinski definition) is 5. The van der Waals surface area contributed by atoms with Gasteiger partial charge >= 0.3 is 5.97 Å². The van der Waals surface area contributed by atoms with E-state index in [2.05, 4.69) is 5.32 Å². The molecular weight excluding hydrogens is 290 g/mol. The molecule has 6 heteroatoms. The van der Waals surface area contributed by atoms with Crippen molar-refractivity contribution in [1.29, 1.82) is 0 Å². The van der Waals surface area contributed by atoms with E-state index >= 15 is 0 Å². The molecule has 0 aromatic rings. The van der Waals surface area contributed by atoms with Crippen LogP contribution >= 0.6 is 11.8 Å². The number of Topliss-reactive ketones (excluding diaryl/α,β-unsaturated/α-hetero) is 1. The number of nitrogens with one attached hydrogen (secondary N) is 1. The van der Waals surface area contributed by atoms with Crippen LogP contribution in [-0.4, -0.2) is 42.3 Å². The molecular formula is C15H25NO4S. The predicted molar refractivity (Wildman–Crippen MR) is 83.1 cm³/mol. The highest BCUT2D eigenvalue weighted by atomic mass is 32.2. The molecule has 0 spiro atoms. The first kappa shape index (κ1) is 18.0. The maximum absolute atomic E-state index is 12.9. The summed E-state index contributed by atoms with van der Waals surface area (Å²) in [7, 11) is 1.26. The number of rotatable bonds is 7. The predicted octanol–water partition coefficient (Wildman–Crippen LogP) is 1.94. The van der Waals surface area contributed by atoms with Crippen molar-refractivity contribution < 1.29 is 19.1 Å². The molecule has 0 aromatic carbocycles. The summed E-state index contributed by atoms with van der Waals surface area (Å²) in [5.74, 6) is -0.772. The lowest BCUT2D eigenvalue weighted by Gasteiger charge is -2.34. The maximum Gasteiger partial charge on any atom is 0.339 e. The fourth-order valence-corrected chi connectivity index (χ4v) is 3.45. The summed E-state index contributed by atoms with van der Waals surface area (Å²) < 4.78 is 4.84. The number of amides is 1. The van der Waals surface area contributed by atoms with Crippen LogP contribution in [0.5, 0.6) is 0 Å². The molecule has 1 saturated carbocycles. The largest absolute Gasteiger partial charge is 0.467 e. The molecule has 0 bridgehead atoms. The summed E-state index contributed by atoms with van der Waals surface area (Å²) >= 11 is 1.54. The van der Waals surface area contributed by atoms with Gasteiger partial charge in [-0.3, -0.25) is 9.59 Å². The highest BCUT2D eigenvalue weighted by Gasteiger charge is 2.49. The summed E-state index contributed by atoms with van der Waals surface area (Å²) in [6, 6.07) is 0. The van der Waals surface area contributed by atoms with Crippen molar-refractivity contribution in [3.63, 3.8) is 0 Å². The number of thioether (sulfide) groups is 1. The Bertz CT molecular complexity index is 393. The Morgan fingerprint density at radius 3 is 2.33 bits per heavy atom. The smallest absolute Gasteiger partial charge is 0.339 e. The third kappa shape index (κ3) is 4.46. The average Bonchev–Trinajstić information content (AvgIpc) is 2.50. The number of methoxy groups -OCH3 is 1. The Morgan fingerprint density at radius 1 is 1.24 bits per heavy atom. The number of ketones is 1. The number of carbonyl (C=O) groups excluding carboxylic acids is 3. The Hall–Kier alpha value is -1.04. The number of esters is 1. The highest BCUT2D eigenvalue weighted by molar-refractivity contribution is 7.98. The minimum absolute atomic E-state index is 0.161. The molecule has 1 aliphatic rings. The van der Waals surface area contributed by atoms with Crippen molar-refractivity contribution in [3.8, 4) is 0 Å². The van der Waals surface area contributed by atoms with E-state index in [1.165, 1.54) is 25.8 Å². The minimum Gasteiger partial charge on any atom is -0.467 e. The lowest BCUT2D eigenvalue weighted by atomic mass is 9.76. The molecule has 0 heterocycles. The van der Waals surface area contributed by atoms with Crippen molar-refractivity contribution >= 4 is 29.4 Å².